The first-order valence-electron chi connectivity index (χ1n) is 7.27. The maximum atomic E-state index is 13.7. The molecule has 128 valence electrons. The van der Waals surface area contributed by atoms with E-state index in [2.05, 4.69) is 15.5 Å². The Bertz CT molecular complexity index is 899. The van der Waals surface area contributed by atoms with Gasteiger partial charge in [-0.3, -0.25) is 4.79 Å². The topological polar surface area (TPSA) is 64.1 Å². The summed E-state index contributed by atoms with van der Waals surface area (Å²) in [5, 5.41) is 11.9. The largest absolute Gasteiger partial charge is 0.497 e. The van der Waals surface area contributed by atoms with E-state index in [0.29, 0.717) is 10.1 Å². The van der Waals surface area contributed by atoms with E-state index in [0.717, 1.165) is 11.3 Å². The van der Waals surface area contributed by atoms with Gasteiger partial charge in [-0.05, 0) is 42.0 Å². The normalized spacial score (nSPS) is 10.5. The highest BCUT2D eigenvalue weighted by Gasteiger charge is 2.12. The number of halogens is 2. The number of benzene rings is 2. The van der Waals surface area contributed by atoms with E-state index in [1.54, 1.807) is 13.2 Å². The Kier molecular flexibility index (Phi) is 5.25. The predicted octanol–water partition coefficient (Wildman–Crippen LogP) is 4.19. The van der Waals surface area contributed by atoms with Gasteiger partial charge >= 0.3 is 0 Å². The lowest BCUT2D eigenvalue weighted by Gasteiger charge is -2.03. The van der Waals surface area contributed by atoms with Crippen molar-refractivity contribution in [3.8, 4) is 16.3 Å². The fourth-order valence-electron chi connectivity index (χ4n) is 2.13. The number of nitrogens with zero attached hydrogens (tertiary/aromatic N) is 2. The smallest absolute Gasteiger partial charge is 0.230 e. The van der Waals surface area contributed by atoms with Crippen molar-refractivity contribution in [1.82, 2.24) is 10.2 Å². The van der Waals surface area contributed by atoms with Crippen LogP contribution in [0.3, 0.4) is 0 Å². The molecule has 0 aliphatic carbocycles. The number of hydrogen-bond donors (Lipinski definition) is 1. The van der Waals surface area contributed by atoms with Crippen molar-refractivity contribution < 1.29 is 13.9 Å². The number of hydrogen-bond acceptors (Lipinski definition) is 5. The van der Waals surface area contributed by atoms with Gasteiger partial charge in [0.1, 0.15) is 16.6 Å². The molecule has 1 aromatic heterocycles. The molecule has 3 aromatic rings. The number of rotatable bonds is 5. The third-order valence-corrected chi connectivity index (χ3v) is 4.50. The SMILES string of the molecule is COc1ccc(-c2nnc(NC(=O)Cc3ccc(Cl)cc3F)s2)cc1. The molecule has 0 aliphatic rings. The van der Waals surface area contributed by atoms with Crippen molar-refractivity contribution in [2.24, 2.45) is 0 Å². The third-order valence-electron chi connectivity index (χ3n) is 3.37. The van der Waals surface area contributed by atoms with E-state index < -0.39 is 5.82 Å². The fraction of sp³-hybridized carbons (Fsp3) is 0.118. The highest BCUT2D eigenvalue weighted by molar-refractivity contribution is 7.18. The number of carbonyl (C=O) groups is 1. The number of anilines is 1. The second kappa shape index (κ2) is 7.58. The number of ether oxygens (including phenoxy) is 1. The first-order chi connectivity index (χ1) is 12.0. The van der Waals surface area contributed by atoms with Crippen LogP contribution in [0.2, 0.25) is 5.02 Å². The summed E-state index contributed by atoms with van der Waals surface area (Å²) >= 11 is 6.93. The molecule has 0 saturated carbocycles. The second-order valence-electron chi connectivity index (χ2n) is 5.10. The first-order valence-corrected chi connectivity index (χ1v) is 8.46. The highest BCUT2D eigenvalue weighted by atomic mass is 35.5. The lowest BCUT2D eigenvalue weighted by atomic mass is 10.1. The summed E-state index contributed by atoms with van der Waals surface area (Å²) < 4.78 is 18.8. The zero-order valence-corrected chi connectivity index (χ0v) is 14.7. The molecule has 0 bridgehead atoms. The minimum absolute atomic E-state index is 0.111. The number of carbonyl (C=O) groups excluding carboxylic acids is 1. The molecule has 0 unspecified atom stereocenters. The summed E-state index contributed by atoms with van der Waals surface area (Å²) in [5.41, 5.74) is 1.13. The van der Waals surface area contributed by atoms with Gasteiger partial charge in [-0.25, -0.2) is 4.39 Å². The van der Waals surface area contributed by atoms with Crippen LogP contribution in [-0.4, -0.2) is 23.2 Å². The Morgan fingerprint density at radius 2 is 2.00 bits per heavy atom. The molecule has 0 fully saturated rings. The highest BCUT2D eigenvalue weighted by Crippen LogP contribution is 2.27. The summed E-state index contributed by atoms with van der Waals surface area (Å²) in [6, 6.07) is 11.6. The monoisotopic (exact) mass is 377 g/mol. The molecule has 1 N–H and O–H groups in total. The maximum Gasteiger partial charge on any atom is 0.230 e. The van der Waals surface area contributed by atoms with Gasteiger partial charge in [0, 0.05) is 10.6 Å². The Balaban J connectivity index is 1.67. The van der Waals surface area contributed by atoms with Crippen molar-refractivity contribution in [2.75, 3.05) is 12.4 Å². The van der Waals surface area contributed by atoms with Crippen molar-refractivity contribution in [1.29, 1.82) is 0 Å². The van der Waals surface area contributed by atoms with Crippen LogP contribution in [0, 0.1) is 5.82 Å². The van der Waals surface area contributed by atoms with Gasteiger partial charge in [-0.2, -0.15) is 0 Å². The van der Waals surface area contributed by atoms with E-state index >= 15 is 0 Å². The molecule has 1 amide bonds. The van der Waals surface area contributed by atoms with Crippen LogP contribution in [0.25, 0.3) is 10.6 Å². The lowest BCUT2D eigenvalue weighted by molar-refractivity contribution is -0.115. The second-order valence-corrected chi connectivity index (χ2v) is 6.52. The Morgan fingerprint density at radius 3 is 2.68 bits per heavy atom. The van der Waals surface area contributed by atoms with Gasteiger partial charge in [0.05, 0.1) is 13.5 Å². The zero-order chi connectivity index (χ0) is 17.8. The third kappa shape index (κ3) is 4.32. The van der Waals surface area contributed by atoms with Crippen molar-refractivity contribution in [3.63, 3.8) is 0 Å². The lowest BCUT2D eigenvalue weighted by Crippen LogP contribution is -2.15. The van der Waals surface area contributed by atoms with Gasteiger partial charge in [-0.15, -0.1) is 10.2 Å². The number of aromatic nitrogens is 2. The van der Waals surface area contributed by atoms with E-state index in [1.807, 2.05) is 24.3 Å². The minimum atomic E-state index is -0.515. The minimum Gasteiger partial charge on any atom is -0.497 e. The number of nitrogens with one attached hydrogen (secondary N) is 1. The predicted molar refractivity (Wildman–Crippen MR) is 95.6 cm³/mol. The molecule has 1 heterocycles. The van der Waals surface area contributed by atoms with Crippen molar-refractivity contribution in [2.45, 2.75) is 6.42 Å². The van der Waals surface area contributed by atoms with Crippen LogP contribution < -0.4 is 10.1 Å². The molecular formula is C17H13ClFN3O2S. The molecule has 8 heteroatoms. The van der Waals surface area contributed by atoms with Crippen LogP contribution in [-0.2, 0) is 11.2 Å². The molecule has 0 atom stereocenters. The summed E-state index contributed by atoms with van der Waals surface area (Å²) in [5.74, 6) is -0.149. The Labute approximate surface area is 152 Å². The molecule has 3 rings (SSSR count). The van der Waals surface area contributed by atoms with Crippen molar-refractivity contribution in [3.05, 3.63) is 58.9 Å². The van der Waals surface area contributed by atoms with E-state index in [-0.39, 0.29) is 22.9 Å². The average molecular weight is 378 g/mol. The summed E-state index contributed by atoms with van der Waals surface area (Å²) in [6.07, 6.45) is -0.111. The van der Waals surface area contributed by atoms with Crippen LogP contribution in [0.4, 0.5) is 9.52 Å². The summed E-state index contributed by atoms with van der Waals surface area (Å²) in [6.45, 7) is 0. The van der Waals surface area contributed by atoms with E-state index in [1.165, 1.54) is 23.5 Å². The fourth-order valence-corrected chi connectivity index (χ4v) is 3.05. The molecule has 0 spiro atoms. The number of methoxy groups -OCH3 is 1. The van der Waals surface area contributed by atoms with Gasteiger partial charge < -0.3 is 10.1 Å². The Morgan fingerprint density at radius 1 is 1.24 bits per heavy atom. The van der Waals surface area contributed by atoms with Gasteiger partial charge in [0.2, 0.25) is 11.0 Å². The Hall–Kier alpha value is -2.51. The van der Waals surface area contributed by atoms with Gasteiger partial charge in [-0.1, -0.05) is 29.0 Å². The van der Waals surface area contributed by atoms with Crippen LogP contribution in [0.5, 0.6) is 5.75 Å². The maximum absolute atomic E-state index is 13.7. The van der Waals surface area contributed by atoms with E-state index in [9.17, 15) is 9.18 Å². The average Bonchev–Trinajstić information content (AvgIpc) is 3.06. The summed E-state index contributed by atoms with van der Waals surface area (Å²) in [7, 11) is 1.59. The number of amides is 1. The molecule has 0 aliphatic heterocycles. The molecule has 25 heavy (non-hydrogen) atoms. The van der Waals surface area contributed by atoms with Gasteiger partial charge in [0.25, 0.3) is 0 Å². The molecule has 2 aromatic carbocycles. The standard InChI is InChI=1S/C17H13ClFN3O2S/c1-24-13-6-3-10(4-7-13)16-21-22-17(25-16)20-15(23)8-11-2-5-12(18)9-14(11)19/h2-7,9H,8H2,1H3,(H,20,22,23). The van der Waals surface area contributed by atoms with Crippen LogP contribution in [0.15, 0.2) is 42.5 Å². The first kappa shape index (κ1) is 17.3. The molecule has 0 radical (unpaired) electrons. The van der Waals surface area contributed by atoms with Crippen molar-refractivity contribution >= 4 is 34.0 Å². The van der Waals surface area contributed by atoms with Gasteiger partial charge in [0.15, 0.2) is 0 Å². The molecular weight excluding hydrogens is 365 g/mol. The van der Waals surface area contributed by atoms with Crippen LogP contribution in [0.1, 0.15) is 5.56 Å². The zero-order valence-electron chi connectivity index (χ0n) is 13.1. The van der Waals surface area contributed by atoms with Crippen LogP contribution >= 0.6 is 22.9 Å². The summed E-state index contributed by atoms with van der Waals surface area (Å²) in [4.78, 5) is 12.1. The quantitative estimate of drug-likeness (QED) is 0.724. The molecule has 0 saturated heterocycles. The van der Waals surface area contributed by atoms with E-state index in [4.69, 9.17) is 16.3 Å². The molecule has 5 nitrogen and oxygen atoms in total.